The van der Waals surface area contributed by atoms with Crippen molar-refractivity contribution >= 4 is 8.96 Å². The molecular formula is C9H23NSi. The summed E-state index contributed by atoms with van der Waals surface area (Å²) in [7, 11) is 1.78. The Morgan fingerprint density at radius 1 is 1.09 bits per heavy atom. The van der Waals surface area contributed by atoms with Crippen molar-refractivity contribution in [3.05, 3.63) is 0 Å². The van der Waals surface area contributed by atoms with Crippen molar-refractivity contribution in [2.45, 2.75) is 45.7 Å². The van der Waals surface area contributed by atoms with Crippen LogP contribution in [-0.2, 0) is 0 Å². The Hall–Kier alpha value is 0.177. The number of hydrogen-bond acceptors (Lipinski definition) is 1. The van der Waals surface area contributed by atoms with Crippen LogP contribution in [0.4, 0.5) is 0 Å². The Morgan fingerprint density at radius 3 is 2.18 bits per heavy atom. The predicted molar refractivity (Wildman–Crippen MR) is 55.6 cm³/mol. The molecule has 11 heavy (non-hydrogen) atoms. The summed E-state index contributed by atoms with van der Waals surface area (Å²) < 4.78 is 2.55. The lowest BCUT2D eigenvalue weighted by molar-refractivity contribution is 0.486. The van der Waals surface area contributed by atoms with Gasteiger partial charge in [-0.1, -0.05) is 39.3 Å². The molecule has 2 heteroatoms. The molecule has 0 radical (unpaired) electrons. The highest BCUT2D eigenvalue weighted by Crippen LogP contribution is 2.00. The molecule has 0 N–H and O–H groups in total. The molecule has 0 rings (SSSR count). The summed E-state index contributed by atoms with van der Waals surface area (Å²) in [6.45, 7) is 8.37. The Kier molecular flexibility index (Phi) is 6.97. The largest absolute Gasteiger partial charge is 0.329 e. The first-order chi connectivity index (χ1) is 5.18. The minimum atomic E-state index is -0.483. The molecule has 0 saturated heterocycles. The van der Waals surface area contributed by atoms with E-state index in [1.54, 1.807) is 0 Å². The molecule has 0 amide bonds. The topological polar surface area (TPSA) is 3.24 Å². The molecule has 0 aliphatic carbocycles. The molecule has 0 fully saturated rings. The monoisotopic (exact) mass is 173 g/mol. The van der Waals surface area contributed by atoms with Crippen LogP contribution in [0, 0.1) is 0 Å². The van der Waals surface area contributed by atoms with Gasteiger partial charge < -0.3 is 4.57 Å². The van der Waals surface area contributed by atoms with Gasteiger partial charge in [-0.2, -0.15) is 0 Å². The Labute approximate surface area is 73.5 Å². The molecule has 0 aliphatic rings. The minimum Gasteiger partial charge on any atom is -0.329 e. The first kappa shape index (κ1) is 11.2. The van der Waals surface area contributed by atoms with Gasteiger partial charge >= 0.3 is 0 Å². The molecule has 0 aromatic heterocycles. The summed E-state index contributed by atoms with van der Waals surface area (Å²) in [6.07, 6.45) is 5.58. The second kappa shape index (κ2) is 6.86. The lowest BCUT2D eigenvalue weighted by Crippen LogP contribution is -2.31. The maximum Gasteiger partial charge on any atom is 0.105 e. The van der Waals surface area contributed by atoms with Gasteiger partial charge in [-0.3, -0.25) is 0 Å². The zero-order chi connectivity index (χ0) is 8.69. The van der Waals surface area contributed by atoms with E-state index in [0.29, 0.717) is 0 Å². The number of unbranched alkanes of at least 4 members (excludes halogenated alkanes) is 3. The highest BCUT2D eigenvalue weighted by atomic mass is 28.3. The van der Waals surface area contributed by atoms with E-state index in [1.807, 2.05) is 0 Å². The van der Waals surface area contributed by atoms with Crippen LogP contribution >= 0.6 is 0 Å². The maximum absolute atomic E-state index is 2.55. The minimum absolute atomic E-state index is 0.483. The van der Waals surface area contributed by atoms with Crippen LogP contribution in [0.25, 0.3) is 0 Å². The average Bonchev–Trinajstić information content (AvgIpc) is 1.97. The molecule has 0 saturated carbocycles. The van der Waals surface area contributed by atoms with Crippen molar-refractivity contribution in [2.75, 3.05) is 13.6 Å². The smallest absolute Gasteiger partial charge is 0.105 e. The number of rotatable bonds is 6. The summed E-state index contributed by atoms with van der Waals surface area (Å²) in [5, 5.41) is 0. The summed E-state index contributed by atoms with van der Waals surface area (Å²) in [5.74, 6) is 0. The van der Waals surface area contributed by atoms with Gasteiger partial charge in [0.05, 0.1) is 0 Å². The fourth-order valence-corrected chi connectivity index (χ4v) is 1.75. The van der Waals surface area contributed by atoms with E-state index in [-0.39, 0.29) is 0 Å². The van der Waals surface area contributed by atoms with E-state index in [2.05, 4.69) is 31.6 Å². The van der Waals surface area contributed by atoms with Crippen molar-refractivity contribution in [1.82, 2.24) is 4.57 Å². The van der Waals surface area contributed by atoms with Crippen LogP contribution in [0.5, 0.6) is 0 Å². The molecule has 0 aromatic rings. The summed E-state index contributed by atoms with van der Waals surface area (Å²) >= 11 is 0. The molecule has 0 aliphatic heterocycles. The molecule has 1 nitrogen and oxygen atoms in total. The molecule has 0 atom stereocenters. The zero-order valence-electron chi connectivity index (χ0n) is 8.56. The standard InChI is InChI=1S/C9H23NSi/c1-5-6-7-8-9-10(2)11(3)4/h11H,5-9H2,1-4H3. The SMILES string of the molecule is CCCCCCN(C)[SiH](C)C. The first-order valence-corrected chi connectivity index (χ1v) is 7.71. The lowest BCUT2D eigenvalue weighted by Gasteiger charge is -2.19. The summed E-state index contributed by atoms with van der Waals surface area (Å²) in [4.78, 5) is 0. The maximum atomic E-state index is 2.55. The average molecular weight is 173 g/mol. The summed E-state index contributed by atoms with van der Waals surface area (Å²) in [6, 6.07) is 0. The molecular weight excluding hydrogens is 150 g/mol. The molecule has 0 heterocycles. The van der Waals surface area contributed by atoms with Gasteiger partial charge in [0, 0.05) is 0 Å². The van der Waals surface area contributed by atoms with Gasteiger partial charge in [0.2, 0.25) is 0 Å². The van der Waals surface area contributed by atoms with Gasteiger partial charge in [0.15, 0.2) is 0 Å². The van der Waals surface area contributed by atoms with E-state index in [4.69, 9.17) is 0 Å². The predicted octanol–water partition coefficient (Wildman–Crippen LogP) is 2.48. The van der Waals surface area contributed by atoms with Crippen molar-refractivity contribution in [3.63, 3.8) is 0 Å². The highest BCUT2D eigenvalue weighted by Gasteiger charge is 2.02. The van der Waals surface area contributed by atoms with Crippen molar-refractivity contribution in [2.24, 2.45) is 0 Å². The molecule has 0 aromatic carbocycles. The number of nitrogens with zero attached hydrogens (tertiary/aromatic N) is 1. The van der Waals surface area contributed by atoms with Crippen molar-refractivity contribution in [1.29, 1.82) is 0 Å². The third-order valence-corrected chi connectivity index (χ3v) is 4.27. The van der Waals surface area contributed by atoms with E-state index in [9.17, 15) is 0 Å². The van der Waals surface area contributed by atoms with Crippen LogP contribution in [0.1, 0.15) is 32.6 Å². The van der Waals surface area contributed by atoms with E-state index >= 15 is 0 Å². The van der Waals surface area contributed by atoms with Crippen LogP contribution in [0.15, 0.2) is 0 Å². The van der Waals surface area contributed by atoms with Gasteiger partial charge in [-0.25, -0.2) is 0 Å². The van der Waals surface area contributed by atoms with Gasteiger partial charge in [-0.15, -0.1) is 0 Å². The Morgan fingerprint density at radius 2 is 1.73 bits per heavy atom. The van der Waals surface area contributed by atoms with Gasteiger partial charge in [-0.05, 0) is 20.0 Å². The van der Waals surface area contributed by atoms with E-state index in [1.165, 1.54) is 32.2 Å². The van der Waals surface area contributed by atoms with Crippen LogP contribution in [0.2, 0.25) is 13.1 Å². The number of hydrogen-bond donors (Lipinski definition) is 0. The Bertz CT molecular complexity index is 83.6. The Balaban J connectivity index is 3.10. The van der Waals surface area contributed by atoms with Crippen molar-refractivity contribution in [3.8, 4) is 0 Å². The van der Waals surface area contributed by atoms with Crippen LogP contribution in [0.3, 0.4) is 0 Å². The quantitative estimate of drug-likeness (QED) is 0.440. The second-order valence-electron chi connectivity index (χ2n) is 3.64. The third-order valence-electron chi connectivity index (χ3n) is 2.25. The normalized spacial score (nSPS) is 11.5. The van der Waals surface area contributed by atoms with Gasteiger partial charge in [0.1, 0.15) is 8.96 Å². The second-order valence-corrected chi connectivity index (χ2v) is 6.70. The molecule has 0 unspecified atom stereocenters. The van der Waals surface area contributed by atoms with Crippen LogP contribution in [-0.4, -0.2) is 27.1 Å². The zero-order valence-corrected chi connectivity index (χ0v) is 9.71. The molecule has 0 spiro atoms. The summed E-state index contributed by atoms with van der Waals surface area (Å²) in [5.41, 5.74) is 0. The first-order valence-electron chi connectivity index (χ1n) is 4.88. The van der Waals surface area contributed by atoms with Gasteiger partial charge in [0.25, 0.3) is 0 Å². The fraction of sp³-hybridized carbons (Fsp3) is 1.00. The van der Waals surface area contributed by atoms with Crippen molar-refractivity contribution < 1.29 is 0 Å². The highest BCUT2D eigenvalue weighted by molar-refractivity contribution is 6.52. The van der Waals surface area contributed by atoms with Crippen LogP contribution < -0.4 is 0 Å². The third kappa shape index (κ3) is 6.57. The fourth-order valence-electron chi connectivity index (χ4n) is 1.05. The lowest BCUT2D eigenvalue weighted by atomic mass is 10.2. The molecule has 0 bridgehead atoms. The van der Waals surface area contributed by atoms with E-state index < -0.39 is 8.96 Å². The molecule has 68 valence electrons. The van der Waals surface area contributed by atoms with E-state index in [0.717, 1.165) is 0 Å².